The summed E-state index contributed by atoms with van der Waals surface area (Å²) in [6, 6.07) is 2.66. The van der Waals surface area contributed by atoms with Gasteiger partial charge < -0.3 is 9.52 Å². The van der Waals surface area contributed by atoms with Crippen molar-refractivity contribution in [3.63, 3.8) is 0 Å². The van der Waals surface area contributed by atoms with Gasteiger partial charge in [-0.15, -0.1) is 0 Å². The van der Waals surface area contributed by atoms with E-state index in [9.17, 15) is 19.1 Å². The molecule has 0 radical (unpaired) electrons. The van der Waals surface area contributed by atoms with Crippen LogP contribution in [0.15, 0.2) is 40.4 Å². The highest BCUT2D eigenvalue weighted by molar-refractivity contribution is 8.13. The summed E-state index contributed by atoms with van der Waals surface area (Å²) in [5, 5.41) is 12.7. The topological polar surface area (TPSA) is 80.0 Å². The van der Waals surface area contributed by atoms with Crippen LogP contribution < -0.4 is 0 Å². The number of hydrogen-bond acceptors (Lipinski definition) is 7. The van der Waals surface area contributed by atoms with E-state index in [4.69, 9.17) is 9.25 Å². The highest BCUT2D eigenvalue weighted by Gasteiger charge is 2.78. The van der Waals surface area contributed by atoms with Crippen LogP contribution in [0, 0.1) is 35.5 Å². The Hall–Kier alpha value is -1.88. The van der Waals surface area contributed by atoms with E-state index in [1.165, 1.54) is 17.2 Å². The molecule has 220 valence electrons. The summed E-state index contributed by atoms with van der Waals surface area (Å²) in [4.78, 5) is 32.7. The maximum Gasteiger partial charge on any atom is 0.226 e. The molecule has 9 atom stereocenters. The number of hydroxylamine groups is 2. The van der Waals surface area contributed by atoms with Gasteiger partial charge in [0.2, 0.25) is 5.12 Å². The van der Waals surface area contributed by atoms with Crippen LogP contribution in [0.1, 0.15) is 58.0 Å². The molecule has 3 saturated carbocycles. The van der Waals surface area contributed by atoms with Crippen LogP contribution in [0.3, 0.4) is 0 Å². The summed E-state index contributed by atoms with van der Waals surface area (Å²) in [7, 11) is 1.66. The standard InChI is InChI=1S/C30H38F3NO5S/c1-6-18-11-21-22-13-24(32)23-12-19(35)9-10-27(23,3)29(22,33)25(36)14-28(21,4)30(18,26(37)40-16-31)39-34(5)15-20-8-7-17(2)38-20/h7-10,12,18,21-22,24-25,36H,6,11,13-16H2,1-5H3/t18-,21+,22+,24+,25+,27+,28+,29+,30+/m1/s1. The number of rotatable bonds is 7. The second-order valence-corrected chi connectivity index (χ2v) is 13.2. The van der Waals surface area contributed by atoms with Gasteiger partial charge in [0.05, 0.1) is 12.6 Å². The lowest BCUT2D eigenvalue weighted by atomic mass is 9.44. The number of allylic oxidation sites excluding steroid dienone is 4. The number of carbonyl (C=O) groups is 2. The lowest BCUT2D eigenvalue weighted by Crippen LogP contribution is -2.71. The summed E-state index contributed by atoms with van der Waals surface area (Å²) in [5.74, 6) is -1.02. The molecule has 0 bridgehead atoms. The molecule has 1 aromatic rings. The molecule has 1 aromatic heterocycles. The second kappa shape index (κ2) is 10.1. The third-order valence-electron chi connectivity index (χ3n) is 10.4. The fourth-order valence-electron chi connectivity index (χ4n) is 8.65. The fraction of sp³-hybridized carbons (Fsp3) is 0.667. The number of halogens is 3. The zero-order valence-corrected chi connectivity index (χ0v) is 24.4. The summed E-state index contributed by atoms with van der Waals surface area (Å²) < 4.78 is 52.8. The number of aliphatic hydroxyl groups is 1. The monoisotopic (exact) mass is 581 g/mol. The molecule has 5 rings (SSSR count). The van der Waals surface area contributed by atoms with E-state index in [1.807, 2.05) is 19.9 Å². The molecule has 0 saturated heterocycles. The molecule has 4 aliphatic carbocycles. The molecule has 40 heavy (non-hydrogen) atoms. The Kier molecular flexibility index (Phi) is 7.50. The minimum atomic E-state index is -2.27. The minimum absolute atomic E-state index is 0.0477. The number of thioether (sulfide) groups is 1. The number of aryl methyl sites for hydroxylation is 1. The Bertz CT molecular complexity index is 1250. The zero-order valence-electron chi connectivity index (χ0n) is 23.6. The maximum atomic E-state index is 17.6. The SMILES string of the molecule is CC[C@@H]1C[C@H]2[C@@H]3C[C@H](F)C4=CC(=O)C=C[C@]4(C)[C@@]3(F)[C@@H](O)C[C@]2(C)[C@@]1(ON(C)Cc1ccc(C)o1)C(=O)SCF. The molecule has 0 amide bonds. The molecule has 0 unspecified atom stereocenters. The van der Waals surface area contributed by atoms with Crippen molar-refractivity contribution < 1.29 is 37.1 Å². The molecule has 6 nitrogen and oxygen atoms in total. The summed E-state index contributed by atoms with van der Waals surface area (Å²) in [6.45, 7) is 7.28. The van der Waals surface area contributed by atoms with Gasteiger partial charge in [0.1, 0.15) is 23.7 Å². The molecular weight excluding hydrogens is 543 g/mol. The van der Waals surface area contributed by atoms with E-state index in [2.05, 4.69) is 0 Å². The van der Waals surface area contributed by atoms with E-state index in [-0.39, 0.29) is 25.0 Å². The van der Waals surface area contributed by atoms with E-state index in [1.54, 1.807) is 27.0 Å². The van der Waals surface area contributed by atoms with Crippen LogP contribution in [0.5, 0.6) is 0 Å². The number of ketones is 1. The van der Waals surface area contributed by atoms with Crippen molar-refractivity contribution in [1.82, 2.24) is 5.06 Å². The van der Waals surface area contributed by atoms with Gasteiger partial charge in [0.25, 0.3) is 0 Å². The van der Waals surface area contributed by atoms with Crippen molar-refractivity contribution in [3.8, 4) is 0 Å². The molecule has 1 heterocycles. The third-order valence-corrected chi connectivity index (χ3v) is 11.1. The molecular formula is C30H38F3NO5S. The number of furan rings is 1. The van der Waals surface area contributed by atoms with E-state index in [0.29, 0.717) is 30.4 Å². The Morgan fingerprint density at radius 1 is 1.27 bits per heavy atom. The Balaban J connectivity index is 1.60. The van der Waals surface area contributed by atoms with Crippen molar-refractivity contribution in [2.45, 2.75) is 83.5 Å². The van der Waals surface area contributed by atoms with Gasteiger partial charge in [-0.25, -0.2) is 13.2 Å². The number of alkyl halides is 3. The maximum absolute atomic E-state index is 17.6. The van der Waals surface area contributed by atoms with Crippen molar-refractivity contribution in [1.29, 1.82) is 0 Å². The van der Waals surface area contributed by atoms with Gasteiger partial charge in [-0.3, -0.25) is 14.4 Å². The molecule has 1 N–H and O–H groups in total. The molecule has 3 fully saturated rings. The molecule has 4 aliphatic rings. The van der Waals surface area contributed by atoms with Crippen LogP contribution in [-0.2, 0) is 21.0 Å². The Morgan fingerprint density at radius 3 is 2.62 bits per heavy atom. The predicted molar refractivity (Wildman–Crippen MR) is 145 cm³/mol. The largest absolute Gasteiger partial charge is 0.465 e. The average molecular weight is 582 g/mol. The Morgan fingerprint density at radius 2 is 2.00 bits per heavy atom. The third kappa shape index (κ3) is 3.96. The van der Waals surface area contributed by atoms with Crippen molar-refractivity contribution in [2.75, 3.05) is 13.1 Å². The fourth-order valence-corrected chi connectivity index (χ4v) is 9.40. The normalized spacial score (nSPS) is 42.4. The van der Waals surface area contributed by atoms with Crippen LogP contribution in [0.4, 0.5) is 13.2 Å². The quantitative estimate of drug-likeness (QED) is 0.406. The van der Waals surface area contributed by atoms with E-state index >= 15 is 8.78 Å². The van der Waals surface area contributed by atoms with Crippen LogP contribution >= 0.6 is 11.8 Å². The van der Waals surface area contributed by atoms with E-state index < -0.39 is 69.0 Å². The van der Waals surface area contributed by atoms with Gasteiger partial charge in [0, 0.05) is 23.8 Å². The first kappa shape index (κ1) is 29.6. The smallest absolute Gasteiger partial charge is 0.226 e. The number of hydrogen-bond donors (Lipinski definition) is 1. The average Bonchev–Trinajstić information content (AvgIpc) is 3.40. The van der Waals surface area contributed by atoms with Crippen molar-refractivity contribution in [2.24, 2.45) is 28.6 Å². The van der Waals surface area contributed by atoms with Crippen LogP contribution in [0.2, 0.25) is 0 Å². The number of nitrogens with zero attached hydrogens (tertiary/aromatic N) is 1. The van der Waals surface area contributed by atoms with Crippen molar-refractivity contribution in [3.05, 3.63) is 47.5 Å². The van der Waals surface area contributed by atoms with Gasteiger partial charge in [-0.1, -0.05) is 31.7 Å². The van der Waals surface area contributed by atoms with Gasteiger partial charge in [-0.05, 0) is 81.2 Å². The lowest BCUT2D eigenvalue weighted by molar-refractivity contribution is -0.293. The predicted octanol–water partition coefficient (Wildman–Crippen LogP) is 5.83. The summed E-state index contributed by atoms with van der Waals surface area (Å²) >= 11 is 0.513. The van der Waals surface area contributed by atoms with Crippen LogP contribution in [-0.4, -0.2) is 57.7 Å². The van der Waals surface area contributed by atoms with E-state index in [0.717, 1.165) is 11.8 Å². The first-order chi connectivity index (χ1) is 18.8. The molecule has 10 heteroatoms. The molecule has 0 aliphatic heterocycles. The highest BCUT2D eigenvalue weighted by atomic mass is 32.2. The lowest BCUT2D eigenvalue weighted by Gasteiger charge is -2.63. The van der Waals surface area contributed by atoms with Gasteiger partial charge in [-0.2, -0.15) is 5.06 Å². The number of carbonyl (C=O) groups excluding carboxylic acids is 2. The highest BCUT2D eigenvalue weighted by Crippen LogP contribution is 2.72. The van der Waals surface area contributed by atoms with Gasteiger partial charge in [0.15, 0.2) is 17.1 Å². The molecule has 0 spiro atoms. The summed E-state index contributed by atoms with van der Waals surface area (Å²) in [5.41, 5.74) is -6.48. The van der Waals surface area contributed by atoms with Crippen LogP contribution in [0.25, 0.3) is 0 Å². The Labute approximate surface area is 237 Å². The number of fused-ring (bicyclic) bond motifs is 5. The summed E-state index contributed by atoms with van der Waals surface area (Å²) in [6.07, 6.45) is 1.09. The molecule has 0 aromatic carbocycles. The number of aliphatic hydroxyl groups excluding tert-OH is 1. The minimum Gasteiger partial charge on any atom is -0.465 e. The van der Waals surface area contributed by atoms with Crippen molar-refractivity contribution >= 4 is 22.7 Å². The van der Waals surface area contributed by atoms with Gasteiger partial charge >= 0.3 is 0 Å². The second-order valence-electron chi connectivity index (χ2n) is 12.4. The zero-order chi connectivity index (χ0) is 29.3. The first-order valence-corrected chi connectivity index (χ1v) is 14.9. The first-order valence-electron chi connectivity index (χ1n) is 13.9.